The number of nitrogens with zero attached hydrogens (tertiary/aromatic N) is 2. The fourth-order valence-electron chi connectivity index (χ4n) is 7.26. The number of cyclic esters (lactones) is 1. The van der Waals surface area contributed by atoms with Gasteiger partial charge < -0.3 is 29.7 Å². The van der Waals surface area contributed by atoms with Crippen LogP contribution in [0.2, 0.25) is 0 Å². The smallest absolute Gasteiger partial charge is 0.407 e. The number of halogens is 2. The van der Waals surface area contributed by atoms with E-state index >= 15 is 0 Å². The first-order valence-electron chi connectivity index (χ1n) is 18.5. The van der Waals surface area contributed by atoms with Crippen molar-refractivity contribution in [2.24, 2.45) is 11.3 Å². The lowest BCUT2D eigenvalue weighted by Crippen LogP contribution is -2.60. The summed E-state index contributed by atoms with van der Waals surface area (Å²) in [4.78, 5) is 61.6. The van der Waals surface area contributed by atoms with Gasteiger partial charge in [-0.05, 0) is 68.4 Å². The first-order valence-corrected chi connectivity index (χ1v) is 20.1. The van der Waals surface area contributed by atoms with Crippen molar-refractivity contribution in [1.29, 1.82) is 0 Å². The normalized spacial score (nSPS) is 26.5. The first-order chi connectivity index (χ1) is 26.3. The highest BCUT2D eigenvalue weighted by Crippen LogP contribution is 2.48. The zero-order chi connectivity index (χ0) is 40.4. The van der Waals surface area contributed by atoms with E-state index in [9.17, 15) is 36.4 Å². The van der Waals surface area contributed by atoms with E-state index in [0.717, 1.165) is 5.39 Å². The SMILES string of the molecule is CC1(C)COC(=O)N[C@H](C(C)(C)C)C(=O)N2CC(C[C@H]2C(=O)NC2(C(=O)NS(=O)(=O)C3CC3)C[C@H]2C(F)F)Oc2nc3ccccc3cc2-c2cccc(c2)O1. The van der Waals surface area contributed by atoms with Crippen molar-refractivity contribution < 1.29 is 50.6 Å². The molecule has 3 N–H and O–H groups in total. The molecule has 2 aliphatic heterocycles. The van der Waals surface area contributed by atoms with E-state index in [1.54, 1.807) is 52.8 Å². The second-order valence-corrected chi connectivity index (χ2v) is 18.7. The van der Waals surface area contributed by atoms with Gasteiger partial charge in [0.1, 0.15) is 41.7 Å². The minimum absolute atomic E-state index is 0.165. The van der Waals surface area contributed by atoms with Gasteiger partial charge in [-0.15, -0.1) is 0 Å². The topological polar surface area (TPSA) is 182 Å². The third-order valence-corrected chi connectivity index (χ3v) is 12.4. The molecule has 17 heteroatoms. The lowest BCUT2D eigenvalue weighted by atomic mass is 9.85. The average Bonchev–Trinajstić information content (AvgIpc) is 4.05. The van der Waals surface area contributed by atoms with Crippen LogP contribution in [-0.4, -0.2) is 96.3 Å². The number of ether oxygens (including phenoxy) is 3. The number of fused-ring (bicyclic) bond motifs is 7. The molecule has 300 valence electrons. The molecule has 3 heterocycles. The highest BCUT2D eigenvalue weighted by atomic mass is 32.2. The van der Waals surface area contributed by atoms with Crippen LogP contribution >= 0.6 is 0 Å². The van der Waals surface area contributed by atoms with Crippen LogP contribution in [0.5, 0.6) is 11.6 Å². The van der Waals surface area contributed by atoms with Crippen LogP contribution in [0.25, 0.3) is 22.0 Å². The molecule has 4 aliphatic rings. The Morgan fingerprint density at radius 2 is 1.79 bits per heavy atom. The molecular formula is C39H45F2N5O9S. The van der Waals surface area contributed by atoms with Gasteiger partial charge in [0.05, 0.1) is 23.2 Å². The van der Waals surface area contributed by atoms with Gasteiger partial charge in [0.25, 0.3) is 5.91 Å². The van der Waals surface area contributed by atoms with E-state index in [1.807, 2.05) is 41.1 Å². The Bertz CT molecular complexity index is 2190. The number of nitrogens with one attached hydrogen (secondary N) is 3. The number of rotatable bonds is 6. The number of para-hydroxylation sites is 1. The largest absolute Gasteiger partial charge is 0.484 e. The molecule has 2 aromatic carbocycles. The third kappa shape index (κ3) is 7.95. The minimum atomic E-state index is -4.14. The van der Waals surface area contributed by atoms with Crippen molar-refractivity contribution >= 4 is 44.7 Å². The number of sulfonamides is 1. The number of alkyl halides is 2. The number of alkyl carbamates (subject to hydrolysis) is 1. The quantitative estimate of drug-likeness (QED) is 0.325. The number of benzene rings is 2. The average molecular weight is 798 g/mol. The van der Waals surface area contributed by atoms with Gasteiger partial charge >= 0.3 is 6.09 Å². The number of carbonyl (C=O) groups is 4. The first kappa shape index (κ1) is 39.2. The van der Waals surface area contributed by atoms with Gasteiger partial charge in [0.2, 0.25) is 34.1 Å². The highest BCUT2D eigenvalue weighted by molar-refractivity contribution is 7.91. The van der Waals surface area contributed by atoms with E-state index in [-0.39, 0.29) is 25.5 Å². The molecule has 1 saturated heterocycles. The molecule has 1 aromatic heterocycles. The number of pyridine rings is 1. The second kappa shape index (κ2) is 14.2. The van der Waals surface area contributed by atoms with E-state index in [0.29, 0.717) is 35.2 Å². The number of amides is 4. The zero-order valence-corrected chi connectivity index (χ0v) is 32.5. The third-order valence-electron chi connectivity index (χ3n) is 10.5. The van der Waals surface area contributed by atoms with Crippen LogP contribution in [0.4, 0.5) is 13.6 Å². The highest BCUT2D eigenvalue weighted by Gasteiger charge is 2.67. The fraction of sp³-hybridized carbons (Fsp3) is 0.513. The molecule has 4 amide bonds. The lowest BCUT2D eigenvalue weighted by molar-refractivity contribution is -0.143. The Kier molecular flexibility index (Phi) is 9.90. The fourth-order valence-corrected chi connectivity index (χ4v) is 8.62. The lowest BCUT2D eigenvalue weighted by Gasteiger charge is -2.35. The summed E-state index contributed by atoms with van der Waals surface area (Å²) in [5.41, 5.74) is -2.33. The number of hydrogen-bond acceptors (Lipinski definition) is 10. The Morgan fingerprint density at radius 1 is 1.05 bits per heavy atom. The molecule has 2 aliphatic carbocycles. The van der Waals surface area contributed by atoms with Crippen LogP contribution in [0.1, 0.15) is 60.3 Å². The zero-order valence-electron chi connectivity index (χ0n) is 31.6. The van der Waals surface area contributed by atoms with Gasteiger partial charge in [0, 0.05) is 17.4 Å². The molecule has 7 rings (SSSR count). The van der Waals surface area contributed by atoms with E-state index in [1.165, 1.54) is 4.90 Å². The predicted molar refractivity (Wildman–Crippen MR) is 199 cm³/mol. The molecule has 4 bridgehead atoms. The molecule has 0 spiro atoms. The van der Waals surface area contributed by atoms with Gasteiger partial charge in [-0.25, -0.2) is 27.0 Å². The summed E-state index contributed by atoms with van der Waals surface area (Å²) in [6, 6.07) is 13.8. The minimum Gasteiger partial charge on any atom is -0.484 e. The summed E-state index contributed by atoms with van der Waals surface area (Å²) in [5, 5.41) is 5.06. The van der Waals surface area contributed by atoms with Crippen LogP contribution < -0.4 is 24.8 Å². The summed E-state index contributed by atoms with van der Waals surface area (Å²) in [7, 11) is -4.14. The maximum absolute atomic E-state index is 14.6. The standard InChI is InChI=1S/C39H45F2N5O9S/c1-37(2,3)30-34(48)46-19-24(17-29(46)32(47)44-39(18-27(39)31(40)41)35(49)45-56(51,52)25-13-14-25)54-33-26(16-22-9-6-7-12-28(22)42-33)21-10-8-11-23(15-21)55-38(4,5)20-53-36(50)43-30/h6-12,15-16,24-25,27,29-31H,13-14,17-20H2,1-5H3,(H,43,50)(H,44,47)(H,45,49)/t24?,27-,29-,30-,39?/m0/s1. The van der Waals surface area contributed by atoms with Crippen molar-refractivity contribution in [1.82, 2.24) is 25.2 Å². The van der Waals surface area contributed by atoms with Gasteiger partial charge in [-0.3, -0.25) is 19.1 Å². The Morgan fingerprint density at radius 3 is 2.46 bits per heavy atom. The second-order valence-electron chi connectivity index (χ2n) is 16.7. The molecule has 0 radical (unpaired) electrons. The Hall–Kier alpha value is -5.06. The van der Waals surface area contributed by atoms with Crippen LogP contribution in [0.3, 0.4) is 0 Å². The molecule has 2 saturated carbocycles. The summed E-state index contributed by atoms with van der Waals surface area (Å²) in [6.07, 6.45) is -4.90. The van der Waals surface area contributed by atoms with E-state index in [2.05, 4.69) is 10.6 Å². The van der Waals surface area contributed by atoms with Crippen molar-refractivity contribution in [3.05, 3.63) is 54.6 Å². The Balaban J connectivity index is 1.28. The van der Waals surface area contributed by atoms with Gasteiger partial charge in [-0.1, -0.05) is 51.1 Å². The molecule has 2 unspecified atom stereocenters. The molecule has 3 aromatic rings. The number of aromatic nitrogens is 1. The van der Waals surface area contributed by atoms with Crippen molar-refractivity contribution in [2.75, 3.05) is 13.2 Å². The molecule has 5 atom stereocenters. The van der Waals surface area contributed by atoms with E-state index in [4.69, 9.17) is 19.2 Å². The van der Waals surface area contributed by atoms with E-state index < -0.39 is 92.6 Å². The van der Waals surface area contributed by atoms with Gasteiger partial charge in [-0.2, -0.15) is 0 Å². The van der Waals surface area contributed by atoms with Crippen LogP contribution in [-0.2, 0) is 29.1 Å². The summed E-state index contributed by atoms with van der Waals surface area (Å²) >= 11 is 0. The van der Waals surface area contributed by atoms with Gasteiger partial charge in [0.15, 0.2) is 0 Å². The number of hydrogen-bond donors (Lipinski definition) is 3. The van der Waals surface area contributed by atoms with Crippen LogP contribution in [0, 0.1) is 11.3 Å². The molecule has 56 heavy (non-hydrogen) atoms. The van der Waals surface area contributed by atoms with Crippen molar-refractivity contribution in [3.63, 3.8) is 0 Å². The van der Waals surface area contributed by atoms with Crippen molar-refractivity contribution in [3.8, 4) is 22.8 Å². The van der Waals surface area contributed by atoms with Crippen molar-refractivity contribution in [2.45, 2.75) is 101 Å². The summed E-state index contributed by atoms with van der Waals surface area (Å²) in [6.45, 7) is 8.19. The number of carbonyl (C=O) groups excluding carboxylic acids is 4. The maximum atomic E-state index is 14.6. The molecule has 14 nitrogen and oxygen atoms in total. The monoisotopic (exact) mass is 797 g/mol. The summed E-state index contributed by atoms with van der Waals surface area (Å²) < 4.78 is 74.0. The molecule has 3 fully saturated rings. The summed E-state index contributed by atoms with van der Waals surface area (Å²) in [5.74, 6) is -3.93. The molecular weight excluding hydrogens is 753 g/mol. The maximum Gasteiger partial charge on any atom is 0.407 e. The Labute approximate surface area is 323 Å². The van der Waals surface area contributed by atoms with Crippen LogP contribution in [0.15, 0.2) is 54.6 Å². The predicted octanol–water partition coefficient (Wildman–Crippen LogP) is 4.31.